The molecule has 0 radical (unpaired) electrons. The number of ether oxygens (including phenoxy) is 2. The quantitative estimate of drug-likeness (QED) is 0.456. The molecule has 0 atom stereocenters. The molecule has 2 heterocycles. The first-order valence-electron chi connectivity index (χ1n) is 7.43. The number of esters is 1. The van der Waals surface area contributed by atoms with E-state index in [1.807, 2.05) is 6.07 Å². The van der Waals surface area contributed by atoms with Crippen LogP contribution in [0.2, 0.25) is 10.0 Å². The van der Waals surface area contributed by atoms with E-state index >= 15 is 0 Å². The van der Waals surface area contributed by atoms with Crippen LogP contribution in [0.4, 0.5) is 0 Å². The summed E-state index contributed by atoms with van der Waals surface area (Å²) < 4.78 is 17.7. The van der Waals surface area contributed by atoms with Crippen LogP contribution >= 0.6 is 23.2 Å². The van der Waals surface area contributed by atoms with Crippen molar-refractivity contribution in [2.75, 3.05) is 13.2 Å². The van der Waals surface area contributed by atoms with E-state index in [4.69, 9.17) is 37.1 Å². The minimum Gasteiger partial charge on any atom is -0.488 e. The first kappa shape index (κ1) is 17.4. The number of rotatable bonds is 7. The monoisotopic (exact) mass is 380 g/mol. The van der Waals surface area contributed by atoms with E-state index < -0.39 is 5.97 Å². The Labute approximate surface area is 153 Å². The predicted molar refractivity (Wildman–Crippen MR) is 92.3 cm³/mol. The lowest BCUT2D eigenvalue weighted by Gasteiger charge is -2.08. The van der Waals surface area contributed by atoms with Gasteiger partial charge in [0.25, 0.3) is 0 Å². The summed E-state index contributed by atoms with van der Waals surface area (Å²) in [6.45, 7) is 0.666. The lowest BCUT2D eigenvalue weighted by Crippen LogP contribution is -2.12. The van der Waals surface area contributed by atoms with Gasteiger partial charge >= 0.3 is 5.97 Å². The summed E-state index contributed by atoms with van der Waals surface area (Å²) in [4.78, 5) is 11.9. The van der Waals surface area contributed by atoms with Gasteiger partial charge < -0.3 is 13.9 Å². The number of carbonyl (C=O) groups excluding carboxylic acids is 1. The van der Waals surface area contributed by atoms with Gasteiger partial charge in [-0.3, -0.25) is 4.68 Å². The second kappa shape index (κ2) is 8.09. The number of halogens is 2. The van der Waals surface area contributed by atoms with Crippen LogP contribution in [0.15, 0.2) is 53.2 Å². The average Bonchev–Trinajstić information content (AvgIpc) is 3.25. The van der Waals surface area contributed by atoms with Crippen LogP contribution in [0.5, 0.6) is 5.75 Å². The molecule has 0 amide bonds. The average molecular weight is 381 g/mol. The zero-order valence-corrected chi connectivity index (χ0v) is 14.5. The fourth-order valence-corrected chi connectivity index (χ4v) is 2.54. The Morgan fingerprint density at radius 2 is 2.08 bits per heavy atom. The maximum Gasteiger partial charge on any atom is 0.374 e. The van der Waals surface area contributed by atoms with Crippen molar-refractivity contribution in [2.45, 2.75) is 6.54 Å². The topological polar surface area (TPSA) is 66.5 Å². The fraction of sp³-hybridized carbons (Fsp3) is 0.176. The van der Waals surface area contributed by atoms with Crippen molar-refractivity contribution in [1.82, 2.24) is 9.78 Å². The maximum atomic E-state index is 11.9. The van der Waals surface area contributed by atoms with E-state index in [0.717, 1.165) is 0 Å². The summed E-state index contributed by atoms with van der Waals surface area (Å²) in [6, 6.07) is 9.99. The van der Waals surface area contributed by atoms with Crippen molar-refractivity contribution >= 4 is 29.2 Å². The third-order valence-electron chi connectivity index (χ3n) is 3.21. The van der Waals surface area contributed by atoms with Gasteiger partial charge in [-0.15, -0.1) is 0 Å². The van der Waals surface area contributed by atoms with Crippen LogP contribution in [-0.4, -0.2) is 29.0 Å². The minimum atomic E-state index is -0.558. The summed E-state index contributed by atoms with van der Waals surface area (Å²) in [5.74, 6) is 0.658. The van der Waals surface area contributed by atoms with E-state index in [1.165, 1.54) is 0 Å². The van der Waals surface area contributed by atoms with Crippen LogP contribution in [0.3, 0.4) is 0 Å². The summed E-state index contributed by atoms with van der Waals surface area (Å²) in [7, 11) is 0. The Balaban J connectivity index is 1.45. The molecule has 1 aromatic carbocycles. The van der Waals surface area contributed by atoms with Crippen molar-refractivity contribution in [3.05, 3.63) is 70.4 Å². The molecule has 8 heteroatoms. The van der Waals surface area contributed by atoms with Crippen LogP contribution < -0.4 is 4.74 Å². The van der Waals surface area contributed by atoms with Crippen molar-refractivity contribution < 1.29 is 18.7 Å². The van der Waals surface area contributed by atoms with Gasteiger partial charge in [-0.2, -0.15) is 5.10 Å². The second-order valence-corrected chi connectivity index (χ2v) is 5.87. The SMILES string of the molecule is O=C(OCCOc1ccc(Cl)cc1Cl)c1ccc(Cn2cccn2)o1. The third kappa shape index (κ3) is 4.78. The number of carbonyl (C=O) groups is 1. The van der Waals surface area contributed by atoms with Gasteiger partial charge in [-0.05, 0) is 36.4 Å². The molecule has 130 valence electrons. The van der Waals surface area contributed by atoms with E-state index in [-0.39, 0.29) is 19.0 Å². The molecule has 0 aliphatic rings. The van der Waals surface area contributed by atoms with Gasteiger partial charge in [-0.25, -0.2) is 4.79 Å². The van der Waals surface area contributed by atoms with Gasteiger partial charge in [-0.1, -0.05) is 23.2 Å². The lowest BCUT2D eigenvalue weighted by atomic mass is 10.3. The molecule has 0 saturated carbocycles. The van der Waals surface area contributed by atoms with Crippen molar-refractivity contribution in [3.63, 3.8) is 0 Å². The number of hydrogen-bond donors (Lipinski definition) is 0. The van der Waals surface area contributed by atoms with Gasteiger partial charge in [0.2, 0.25) is 5.76 Å². The zero-order valence-electron chi connectivity index (χ0n) is 13.0. The number of benzene rings is 1. The summed E-state index contributed by atoms with van der Waals surface area (Å²) >= 11 is 11.8. The highest BCUT2D eigenvalue weighted by molar-refractivity contribution is 6.35. The maximum absolute atomic E-state index is 11.9. The first-order valence-corrected chi connectivity index (χ1v) is 8.18. The molecular weight excluding hydrogens is 367 g/mol. The third-order valence-corrected chi connectivity index (χ3v) is 3.74. The van der Waals surface area contributed by atoms with Crippen molar-refractivity contribution in [1.29, 1.82) is 0 Å². The molecule has 0 aliphatic heterocycles. The predicted octanol–water partition coefficient (Wildman–Crippen LogP) is 4.07. The van der Waals surface area contributed by atoms with Gasteiger partial charge in [0.05, 0.1) is 11.6 Å². The lowest BCUT2D eigenvalue weighted by molar-refractivity contribution is 0.0413. The molecule has 0 unspecified atom stereocenters. The van der Waals surface area contributed by atoms with Crippen LogP contribution in [0.25, 0.3) is 0 Å². The van der Waals surface area contributed by atoms with E-state index in [2.05, 4.69) is 5.10 Å². The summed E-state index contributed by atoms with van der Waals surface area (Å²) in [5.41, 5.74) is 0. The van der Waals surface area contributed by atoms with E-state index in [9.17, 15) is 4.79 Å². The standard InChI is InChI=1S/C17H14Cl2N2O4/c18-12-2-4-15(14(19)10-12)23-8-9-24-17(22)16-5-3-13(25-16)11-21-7-1-6-20-21/h1-7,10H,8-9,11H2. The van der Waals surface area contributed by atoms with Gasteiger partial charge in [0.1, 0.15) is 24.7 Å². The molecule has 0 spiro atoms. The van der Waals surface area contributed by atoms with Crippen LogP contribution in [0.1, 0.15) is 16.3 Å². The Morgan fingerprint density at radius 3 is 2.84 bits per heavy atom. The summed E-state index contributed by atoms with van der Waals surface area (Å²) in [6.07, 6.45) is 3.48. The number of hydrogen-bond acceptors (Lipinski definition) is 5. The molecule has 2 aromatic heterocycles. The smallest absolute Gasteiger partial charge is 0.374 e. The van der Waals surface area contributed by atoms with E-state index in [0.29, 0.717) is 28.1 Å². The summed E-state index contributed by atoms with van der Waals surface area (Å²) in [5, 5.41) is 4.99. The largest absolute Gasteiger partial charge is 0.488 e. The fourth-order valence-electron chi connectivity index (χ4n) is 2.08. The highest BCUT2D eigenvalue weighted by Gasteiger charge is 2.13. The molecule has 0 saturated heterocycles. The Hall–Kier alpha value is -2.44. The Bertz CT molecular complexity index is 846. The highest BCUT2D eigenvalue weighted by atomic mass is 35.5. The Morgan fingerprint density at radius 1 is 1.20 bits per heavy atom. The Kier molecular flexibility index (Phi) is 5.63. The molecule has 25 heavy (non-hydrogen) atoms. The zero-order chi connectivity index (χ0) is 17.6. The number of furan rings is 1. The van der Waals surface area contributed by atoms with E-state index in [1.54, 1.807) is 47.4 Å². The first-order chi connectivity index (χ1) is 12.1. The van der Waals surface area contributed by atoms with Crippen molar-refractivity contribution in [3.8, 4) is 5.75 Å². The van der Waals surface area contributed by atoms with Crippen LogP contribution in [0, 0.1) is 0 Å². The normalized spacial score (nSPS) is 10.6. The molecule has 6 nitrogen and oxygen atoms in total. The van der Waals surface area contributed by atoms with Crippen molar-refractivity contribution in [2.24, 2.45) is 0 Å². The molecule has 0 aliphatic carbocycles. The second-order valence-electron chi connectivity index (χ2n) is 5.03. The molecule has 0 fully saturated rings. The highest BCUT2D eigenvalue weighted by Crippen LogP contribution is 2.27. The molecule has 3 aromatic rings. The minimum absolute atomic E-state index is 0.0625. The molecular formula is C17H14Cl2N2O4. The number of aromatic nitrogens is 2. The number of nitrogens with zero attached hydrogens (tertiary/aromatic N) is 2. The van der Waals surface area contributed by atoms with Gasteiger partial charge in [0, 0.05) is 17.4 Å². The molecule has 3 rings (SSSR count). The molecule has 0 N–H and O–H groups in total. The van der Waals surface area contributed by atoms with Gasteiger partial charge in [0.15, 0.2) is 0 Å². The van der Waals surface area contributed by atoms with Crippen LogP contribution in [-0.2, 0) is 11.3 Å². The molecule has 0 bridgehead atoms.